The first-order valence-electron chi connectivity index (χ1n) is 8.22. The van der Waals surface area contributed by atoms with Crippen LogP contribution in [0.3, 0.4) is 0 Å². The van der Waals surface area contributed by atoms with Crippen molar-refractivity contribution in [2.45, 2.75) is 11.9 Å². The number of fused-ring (bicyclic) bond motifs is 3. The summed E-state index contributed by atoms with van der Waals surface area (Å²) in [6.45, 7) is 5.52. The maximum atomic E-state index is 12.6. The van der Waals surface area contributed by atoms with Crippen molar-refractivity contribution in [3.05, 3.63) is 83.2 Å². The predicted octanol–water partition coefficient (Wildman–Crippen LogP) is 3.54. The fraction of sp³-hybridized carbons (Fsp3) is 0.0500. The molecule has 27 heavy (non-hydrogen) atoms. The summed E-state index contributed by atoms with van der Waals surface area (Å²) in [5.41, 5.74) is 3.56. The van der Waals surface area contributed by atoms with Crippen LogP contribution in [0, 0.1) is 0 Å². The summed E-state index contributed by atoms with van der Waals surface area (Å²) in [5.74, 6) is 5.91. The summed E-state index contributed by atoms with van der Waals surface area (Å²) in [7, 11) is 0. The Balaban J connectivity index is 0.000000299. The first kappa shape index (κ1) is 18.6. The summed E-state index contributed by atoms with van der Waals surface area (Å²) in [6, 6.07) is 19.4. The van der Waals surface area contributed by atoms with Gasteiger partial charge in [-0.3, -0.25) is 4.79 Å². The van der Waals surface area contributed by atoms with Crippen molar-refractivity contribution >= 4 is 40.4 Å². The summed E-state index contributed by atoms with van der Waals surface area (Å²) >= 11 is 4.30. The molecule has 2 heterocycles. The number of anilines is 1. The molecule has 0 spiro atoms. The molecule has 0 saturated heterocycles. The van der Waals surface area contributed by atoms with Gasteiger partial charge in [-0.1, -0.05) is 67.2 Å². The molecule has 0 aliphatic carbocycles. The van der Waals surface area contributed by atoms with Gasteiger partial charge in [0.2, 0.25) is 0 Å². The van der Waals surface area contributed by atoms with E-state index in [1.807, 2.05) is 60.7 Å². The number of nitrogens with one attached hydrogen (secondary N) is 1. The summed E-state index contributed by atoms with van der Waals surface area (Å²) < 4.78 is 1.22. The molecular formula is C20H19N5OS. The topological polar surface area (TPSA) is 85.3 Å². The van der Waals surface area contributed by atoms with Crippen LogP contribution < -0.4 is 16.8 Å². The molecule has 4 rings (SSSR count). The van der Waals surface area contributed by atoms with Crippen molar-refractivity contribution in [1.82, 2.24) is 14.6 Å². The number of hydrogen-bond donors (Lipinski definition) is 3. The van der Waals surface area contributed by atoms with Crippen LogP contribution in [0.5, 0.6) is 0 Å². The predicted molar refractivity (Wildman–Crippen MR) is 113 cm³/mol. The zero-order valence-electron chi connectivity index (χ0n) is 14.8. The third-order valence-corrected chi connectivity index (χ3v) is 4.22. The molecule has 4 aromatic rings. The minimum atomic E-state index is -0.320. The highest BCUT2D eigenvalue weighted by Crippen LogP contribution is 2.25. The van der Waals surface area contributed by atoms with E-state index in [2.05, 4.69) is 34.7 Å². The molecule has 3 N–H and O–H groups in total. The molecule has 7 heteroatoms. The van der Waals surface area contributed by atoms with Gasteiger partial charge in [0.15, 0.2) is 11.5 Å². The monoisotopic (exact) mass is 377 g/mol. The van der Waals surface area contributed by atoms with Gasteiger partial charge < -0.3 is 5.43 Å². The summed E-state index contributed by atoms with van der Waals surface area (Å²) in [4.78, 5) is 17.0. The van der Waals surface area contributed by atoms with Gasteiger partial charge in [-0.15, -0.1) is 17.7 Å². The number of hydrogen-bond acceptors (Lipinski definition) is 6. The lowest BCUT2D eigenvalue weighted by Gasteiger charge is -2.11. The standard InChI is InChI=1S/C14H13N5OS.C6H6/c1-7(2)10-13(21)16-12-9-6-4-3-5-8(9)11(17-15)18-19(12)14(10)20;1-2-4-6-5-3-1/h3-6,21H,1,15H2,2H3,(H,17,18);1-6H. The number of thiol groups is 1. The lowest BCUT2D eigenvalue weighted by atomic mass is 10.1. The molecule has 136 valence electrons. The maximum Gasteiger partial charge on any atom is 0.283 e. The van der Waals surface area contributed by atoms with Crippen LogP contribution >= 0.6 is 12.6 Å². The fourth-order valence-corrected chi connectivity index (χ4v) is 3.05. The van der Waals surface area contributed by atoms with Gasteiger partial charge in [0.1, 0.15) is 5.03 Å². The Labute approximate surface area is 161 Å². The van der Waals surface area contributed by atoms with Gasteiger partial charge in [0.05, 0.1) is 5.56 Å². The number of nitrogens with zero attached hydrogens (tertiary/aromatic N) is 3. The molecular weight excluding hydrogens is 358 g/mol. The molecule has 0 unspecified atom stereocenters. The maximum absolute atomic E-state index is 12.6. The molecule has 0 aliphatic heterocycles. The Kier molecular flexibility index (Phi) is 5.54. The van der Waals surface area contributed by atoms with E-state index in [1.165, 1.54) is 4.52 Å². The third-order valence-electron chi connectivity index (χ3n) is 3.90. The molecule has 0 radical (unpaired) electrons. The van der Waals surface area contributed by atoms with Crippen molar-refractivity contribution in [3.8, 4) is 0 Å². The fourth-order valence-electron chi connectivity index (χ4n) is 2.67. The highest BCUT2D eigenvalue weighted by Gasteiger charge is 2.15. The molecule has 0 atom stereocenters. The Bertz CT molecular complexity index is 1150. The van der Waals surface area contributed by atoms with Gasteiger partial charge in [0, 0.05) is 10.8 Å². The zero-order valence-corrected chi connectivity index (χ0v) is 15.6. The van der Waals surface area contributed by atoms with Crippen LogP contribution in [0.2, 0.25) is 0 Å². The van der Waals surface area contributed by atoms with Crippen molar-refractivity contribution < 1.29 is 0 Å². The van der Waals surface area contributed by atoms with Crippen molar-refractivity contribution in [2.24, 2.45) is 5.84 Å². The molecule has 2 aromatic heterocycles. The molecule has 6 nitrogen and oxygen atoms in total. The largest absolute Gasteiger partial charge is 0.307 e. The van der Waals surface area contributed by atoms with E-state index in [0.717, 1.165) is 10.8 Å². The highest BCUT2D eigenvalue weighted by atomic mass is 32.1. The van der Waals surface area contributed by atoms with Crippen molar-refractivity contribution in [1.29, 1.82) is 0 Å². The Morgan fingerprint density at radius 1 is 1.07 bits per heavy atom. The van der Waals surface area contributed by atoms with E-state index in [0.29, 0.717) is 27.6 Å². The molecule has 0 aliphatic rings. The van der Waals surface area contributed by atoms with Crippen LogP contribution in [0.1, 0.15) is 12.5 Å². The number of rotatable bonds is 2. The molecule has 2 aromatic carbocycles. The number of benzene rings is 2. The Morgan fingerprint density at radius 2 is 1.63 bits per heavy atom. The summed E-state index contributed by atoms with van der Waals surface area (Å²) in [6.07, 6.45) is 0. The van der Waals surface area contributed by atoms with Crippen LogP contribution in [0.15, 0.2) is 77.1 Å². The normalized spacial score (nSPS) is 10.3. The second-order valence-corrected chi connectivity index (χ2v) is 6.25. The first-order valence-corrected chi connectivity index (χ1v) is 8.66. The molecule has 0 fully saturated rings. The third kappa shape index (κ3) is 3.69. The van der Waals surface area contributed by atoms with Gasteiger partial charge in [0.25, 0.3) is 5.56 Å². The van der Waals surface area contributed by atoms with Gasteiger partial charge in [-0.2, -0.15) is 4.52 Å². The minimum absolute atomic E-state index is 0.320. The number of nitrogens with two attached hydrogens (primary N) is 1. The number of hydrazine groups is 1. The van der Waals surface area contributed by atoms with E-state index in [9.17, 15) is 4.79 Å². The second kappa shape index (κ2) is 8.03. The van der Waals surface area contributed by atoms with Crippen molar-refractivity contribution in [3.63, 3.8) is 0 Å². The van der Waals surface area contributed by atoms with Crippen LogP contribution in [-0.2, 0) is 0 Å². The Morgan fingerprint density at radius 3 is 2.15 bits per heavy atom. The van der Waals surface area contributed by atoms with Crippen LogP contribution in [-0.4, -0.2) is 14.6 Å². The number of aromatic nitrogens is 3. The van der Waals surface area contributed by atoms with Crippen molar-refractivity contribution in [2.75, 3.05) is 5.43 Å². The van der Waals surface area contributed by atoms with Crippen LogP contribution in [0.4, 0.5) is 5.82 Å². The smallest absolute Gasteiger partial charge is 0.283 e. The van der Waals surface area contributed by atoms with E-state index in [4.69, 9.17) is 5.84 Å². The average Bonchev–Trinajstić information content (AvgIpc) is 2.69. The Hall–Kier alpha value is -3.16. The molecule has 0 bridgehead atoms. The lowest BCUT2D eigenvalue weighted by molar-refractivity contribution is 0.849. The van der Waals surface area contributed by atoms with Gasteiger partial charge in [-0.05, 0) is 12.5 Å². The highest BCUT2D eigenvalue weighted by molar-refractivity contribution is 7.80. The lowest BCUT2D eigenvalue weighted by Crippen LogP contribution is -2.24. The second-order valence-electron chi connectivity index (χ2n) is 5.82. The minimum Gasteiger partial charge on any atom is -0.307 e. The van der Waals surface area contributed by atoms with E-state index < -0.39 is 0 Å². The first-order chi connectivity index (χ1) is 13.0. The molecule has 0 amide bonds. The summed E-state index contributed by atoms with van der Waals surface area (Å²) in [5, 5.41) is 6.12. The van der Waals surface area contributed by atoms with E-state index >= 15 is 0 Å². The average molecular weight is 377 g/mol. The quantitative estimate of drug-likeness (QED) is 0.164. The van der Waals surface area contributed by atoms with Gasteiger partial charge >= 0.3 is 0 Å². The van der Waals surface area contributed by atoms with Gasteiger partial charge in [-0.25, -0.2) is 10.8 Å². The molecule has 0 saturated carbocycles. The number of nitrogen functional groups attached to an aromatic ring is 1. The zero-order chi connectivity index (χ0) is 19.4. The SMILES string of the molecule is C=C(C)c1c(S)nc2c3ccccc3c(NN)nn2c1=O.c1ccccc1. The van der Waals surface area contributed by atoms with E-state index in [1.54, 1.807) is 6.92 Å². The van der Waals surface area contributed by atoms with E-state index in [-0.39, 0.29) is 5.56 Å². The number of allylic oxidation sites excluding steroid dienone is 1. The van der Waals surface area contributed by atoms with Crippen LogP contribution in [0.25, 0.3) is 22.0 Å².